The zero-order valence-electron chi connectivity index (χ0n) is 18.9. The normalized spacial score (nSPS) is 11.3. The molecule has 1 N–H and O–H groups in total. The lowest BCUT2D eigenvalue weighted by molar-refractivity contribution is -0.137. The summed E-state index contributed by atoms with van der Waals surface area (Å²) >= 11 is 0. The van der Waals surface area contributed by atoms with Crippen molar-refractivity contribution in [2.45, 2.75) is 31.4 Å². The first kappa shape index (κ1) is 30.8. The first-order valence-electron chi connectivity index (χ1n) is 9.16. The molecule has 10 nitrogen and oxygen atoms in total. The minimum absolute atomic E-state index is 0.196. The van der Waals surface area contributed by atoms with Crippen molar-refractivity contribution >= 4 is 29.5 Å². The largest absolute Gasteiger partial charge is 0.500 e. The van der Waals surface area contributed by atoms with E-state index in [-0.39, 0.29) is 5.57 Å². The third kappa shape index (κ3) is 12.3. The predicted molar refractivity (Wildman–Crippen MR) is 115 cm³/mol. The summed E-state index contributed by atoms with van der Waals surface area (Å²) in [6.07, 6.45) is 2.82. The van der Waals surface area contributed by atoms with Crippen molar-refractivity contribution in [3.05, 3.63) is 24.8 Å². The summed E-state index contributed by atoms with van der Waals surface area (Å²) in [7, 11) is 4.18. The molecule has 0 unspecified atom stereocenters. The second-order valence-corrected chi connectivity index (χ2v) is 12.0. The number of ether oxygens (including phenoxy) is 1. The molecule has 0 aromatic heterocycles. The fourth-order valence-electron chi connectivity index (χ4n) is 2.26. The molecule has 0 aliphatic carbocycles. The van der Waals surface area contributed by atoms with Gasteiger partial charge in [-0.25, -0.2) is 9.59 Å². The molecule has 0 bridgehead atoms. The lowest BCUT2D eigenvalue weighted by Gasteiger charge is -2.24. The third-order valence-electron chi connectivity index (χ3n) is 4.17. The molecular formula is C18H36O10Si2. The van der Waals surface area contributed by atoms with E-state index in [1.807, 2.05) is 0 Å². The van der Waals surface area contributed by atoms with E-state index in [1.165, 1.54) is 21.3 Å². The predicted octanol–water partition coefficient (Wildman–Crippen LogP) is 2.27. The van der Waals surface area contributed by atoms with Crippen molar-refractivity contribution in [3.63, 3.8) is 0 Å². The Bertz CT molecular complexity index is 501. The van der Waals surface area contributed by atoms with Crippen LogP contribution in [-0.4, -0.2) is 83.9 Å². The highest BCUT2D eigenvalue weighted by atomic mass is 28.4. The summed E-state index contributed by atoms with van der Waals surface area (Å²) in [6, 6.07) is 1.20. The number of rotatable bonds is 16. The van der Waals surface area contributed by atoms with Gasteiger partial charge in [0.15, 0.2) is 0 Å². The van der Waals surface area contributed by atoms with Gasteiger partial charge in [0.25, 0.3) is 0 Å². The van der Waals surface area contributed by atoms with Gasteiger partial charge in [-0.1, -0.05) is 13.2 Å². The number of hydrogen-bond acceptors (Lipinski definition) is 9. The smallest absolute Gasteiger partial charge is 0.478 e. The maximum absolute atomic E-state index is 10.7. The highest BCUT2D eigenvalue weighted by Crippen LogP contribution is 2.18. The average Bonchev–Trinajstić information content (AvgIpc) is 2.77. The Morgan fingerprint density at radius 3 is 1.57 bits per heavy atom. The van der Waals surface area contributed by atoms with Crippen molar-refractivity contribution in [1.82, 2.24) is 0 Å². The molecule has 176 valence electrons. The first-order valence-corrected chi connectivity index (χ1v) is 13.0. The molecule has 0 aliphatic rings. The zero-order valence-corrected chi connectivity index (χ0v) is 20.9. The van der Waals surface area contributed by atoms with Gasteiger partial charge in [-0.3, -0.25) is 0 Å². The van der Waals surface area contributed by atoms with Gasteiger partial charge < -0.3 is 36.4 Å². The lowest BCUT2D eigenvalue weighted by Crippen LogP contribution is -2.42. The topological polar surface area (TPSA) is 119 Å². The maximum Gasteiger partial charge on any atom is 0.500 e. The SMILES string of the molecule is C=C(CCC[Si](OC)(OC)OC)C(=O)O.C=CC(=O)OCCC[Si](OC)(OC)OC. The summed E-state index contributed by atoms with van der Waals surface area (Å²) in [6.45, 7) is 7.06. The quantitative estimate of drug-likeness (QED) is 0.156. The van der Waals surface area contributed by atoms with Crippen LogP contribution < -0.4 is 0 Å². The standard InChI is InChI=1S/2C9H18O5Si/c1-8(9(10)11)6-5-7-15(12-2,13-3)14-4;1-5-9(10)14-7-6-8-15(11-2,12-3)13-4/h1,5-7H2,2-4H3,(H,10,11);5H,1,6-8H2,2-4H3. The average molecular weight is 469 g/mol. The number of carboxylic acids is 1. The molecule has 30 heavy (non-hydrogen) atoms. The van der Waals surface area contributed by atoms with E-state index < -0.39 is 29.5 Å². The zero-order chi connectivity index (χ0) is 23.6. The Hall–Kier alpha value is -1.39. The Morgan fingerprint density at radius 1 is 0.833 bits per heavy atom. The summed E-state index contributed by atoms with van der Waals surface area (Å²) in [4.78, 5) is 21.2. The minimum atomic E-state index is -2.55. The Labute approximate surface area is 181 Å². The highest BCUT2D eigenvalue weighted by molar-refractivity contribution is 6.60. The van der Waals surface area contributed by atoms with Crippen LogP contribution in [0.1, 0.15) is 19.3 Å². The highest BCUT2D eigenvalue weighted by Gasteiger charge is 2.37. The number of carbonyl (C=O) groups is 2. The van der Waals surface area contributed by atoms with E-state index in [1.54, 1.807) is 21.3 Å². The van der Waals surface area contributed by atoms with Crippen LogP contribution in [0.3, 0.4) is 0 Å². The fraction of sp³-hybridized carbons (Fsp3) is 0.667. The van der Waals surface area contributed by atoms with Crippen molar-refractivity contribution in [2.24, 2.45) is 0 Å². The van der Waals surface area contributed by atoms with E-state index in [0.29, 0.717) is 38.0 Å². The number of carbonyl (C=O) groups excluding carboxylic acids is 1. The van der Waals surface area contributed by atoms with Crippen LogP contribution in [0.4, 0.5) is 0 Å². The molecule has 0 aromatic carbocycles. The molecule has 0 fully saturated rings. The van der Waals surface area contributed by atoms with Crippen molar-refractivity contribution in [1.29, 1.82) is 0 Å². The molecule has 0 atom stereocenters. The van der Waals surface area contributed by atoms with Crippen LogP contribution in [0.2, 0.25) is 12.1 Å². The summed E-state index contributed by atoms with van der Waals surface area (Å²) in [5.74, 6) is -1.39. The summed E-state index contributed by atoms with van der Waals surface area (Å²) in [5, 5.41) is 8.60. The van der Waals surface area contributed by atoms with Crippen LogP contribution in [0.5, 0.6) is 0 Å². The lowest BCUT2D eigenvalue weighted by atomic mass is 10.2. The van der Waals surface area contributed by atoms with Crippen molar-refractivity contribution in [3.8, 4) is 0 Å². The van der Waals surface area contributed by atoms with Gasteiger partial charge in [0.1, 0.15) is 0 Å². The second kappa shape index (κ2) is 17.3. The first-order chi connectivity index (χ1) is 14.1. The third-order valence-corrected chi connectivity index (χ3v) is 9.83. The minimum Gasteiger partial charge on any atom is -0.478 e. The molecule has 0 rings (SSSR count). The number of esters is 1. The van der Waals surface area contributed by atoms with Crippen molar-refractivity contribution in [2.75, 3.05) is 49.3 Å². The molecule has 0 spiro atoms. The van der Waals surface area contributed by atoms with Gasteiger partial charge in [-0.2, -0.15) is 0 Å². The maximum atomic E-state index is 10.7. The van der Waals surface area contributed by atoms with E-state index in [9.17, 15) is 9.59 Å². The summed E-state index contributed by atoms with van der Waals surface area (Å²) < 4.78 is 36.0. The fourth-order valence-corrected chi connectivity index (χ4v) is 5.67. The Balaban J connectivity index is 0. The second-order valence-electron chi connectivity index (χ2n) is 5.83. The summed E-state index contributed by atoms with van der Waals surface area (Å²) in [5.41, 5.74) is 0.196. The molecule has 0 saturated carbocycles. The molecule has 0 radical (unpaired) electrons. The molecule has 0 saturated heterocycles. The van der Waals surface area contributed by atoms with E-state index in [4.69, 9.17) is 36.4 Å². The Morgan fingerprint density at radius 2 is 1.23 bits per heavy atom. The van der Waals surface area contributed by atoms with E-state index in [0.717, 1.165) is 6.08 Å². The van der Waals surface area contributed by atoms with E-state index >= 15 is 0 Å². The molecule has 0 amide bonds. The molecule has 0 aliphatic heterocycles. The number of aliphatic carboxylic acids is 1. The molecule has 12 heteroatoms. The number of hydrogen-bond donors (Lipinski definition) is 1. The van der Waals surface area contributed by atoms with E-state index in [2.05, 4.69) is 13.2 Å². The van der Waals surface area contributed by atoms with Gasteiger partial charge >= 0.3 is 29.5 Å². The van der Waals surface area contributed by atoms with Crippen LogP contribution in [0.15, 0.2) is 24.8 Å². The molecule has 0 aromatic rings. The molecular weight excluding hydrogens is 432 g/mol. The monoisotopic (exact) mass is 468 g/mol. The van der Waals surface area contributed by atoms with Crippen LogP contribution in [0, 0.1) is 0 Å². The van der Waals surface area contributed by atoms with Gasteiger partial charge in [0.2, 0.25) is 0 Å². The van der Waals surface area contributed by atoms with Crippen LogP contribution in [-0.2, 0) is 40.9 Å². The van der Waals surface area contributed by atoms with Crippen LogP contribution >= 0.6 is 0 Å². The number of carboxylic acid groups (broad SMARTS) is 1. The van der Waals surface area contributed by atoms with Gasteiger partial charge in [0.05, 0.1) is 6.61 Å². The van der Waals surface area contributed by atoms with Gasteiger partial charge in [-0.05, 0) is 19.3 Å². The molecule has 0 heterocycles. The van der Waals surface area contributed by atoms with Gasteiger partial charge in [-0.15, -0.1) is 0 Å². The van der Waals surface area contributed by atoms with Crippen LogP contribution in [0.25, 0.3) is 0 Å². The van der Waals surface area contributed by atoms with Crippen molar-refractivity contribution < 1.29 is 46.0 Å². The Kier molecular flexibility index (Phi) is 17.8. The van der Waals surface area contributed by atoms with Gasteiger partial charge in [0, 0.05) is 66.4 Å².